The molecule has 0 fully saturated rings. The molecule has 0 aliphatic rings. The molecule has 1 nitrogen and oxygen atoms in total. The Bertz CT molecular complexity index is 310. The molecule has 16 heavy (non-hydrogen) atoms. The van der Waals surface area contributed by atoms with Gasteiger partial charge in [0.1, 0.15) is 0 Å². The average Bonchev–Trinajstić information content (AvgIpc) is 2.71. The summed E-state index contributed by atoms with van der Waals surface area (Å²) in [5, 5.41) is 0. The van der Waals surface area contributed by atoms with Crippen molar-refractivity contribution in [2.75, 3.05) is 21.1 Å². The predicted molar refractivity (Wildman–Crippen MR) is 65.8 cm³/mol. The van der Waals surface area contributed by atoms with E-state index in [0.29, 0.717) is 0 Å². The van der Waals surface area contributed by atoms with Crippen molar-refractivity contribution in [3.05, 3.63) is 60.2 Å². The minimum Gasteiger partial charge on any atom is -0.748 e. The van der Waals surface area contributed by atoms with Gasteiger partial charge in [0.2, 0.25) is 0 Å². The third-order valence-corrected chi connectivity index (χ3v) is 1.94. The standard InChI is InChI=1S/C9H15N.C5H5.Fe/c1-10(2,3)8-9-6-4-5-7-9;1-2-4-5-3-1;/h4-7H,8H2,1-3H3;1-5H;/q;-5;. The largest absolute Gasteiger partial charge is 0.748 e. The maximum atomic E-state index is 2.20. The molecule has 0 N–H and O–H groups in total. The molecule has 0 spiro atoms. The maximum absolute atomic E-state index is 2.20. The van der Waals surface area contributed by atoms with Crippen LogP contribution in [-0.2, 0) is 23.6 Å². The molecule has 2 rings (SSSR count). The number of nitrogens with zero attached hydrogens (tertiary/aromatic N) is 1. The molecule has 0 unspecified atom stereocenters. The van der Waals surface area contributed by atoms with Crippen LogP contribution >= 0.6 is 0 Å². The Morgan fingerprint density at radius 1 is 0.875 bits per heavy atom. The van der Waals surface area contributed by atoms with E-state index < -0.39 is 0 Å². The molecule has 2 aromatic carbocycles. The van der Waals surface area contributed by atoms with Crippen LogP contribution in [0, 0.1) is 0 Å². The van der Waals surface area contributed by atoms with E-state index in [4.69, 9.17) is 0 Å². The van der Waals surface area contributed by atoms with Gasteiger partial charge in [0, 0.05) is 17.1 Å². The fourth-order valence-corrected chi connectivity index (χ4v) is 1.39. The molecule has 0 radical (unpaired) electrons. The fraction of sp³-hybridized carbons (Fsp3) is 0.286. The molecule has 0 bridgehead atoms. The van der Waals surface area contributed by atoms with E-state index >= 15 is 0 Å². The molecule has 0 atom stereocenters. The summed E-state index contributed by atoms with van der Waals surface area (Å²) in [4.78, 5) is 0. The summed E-state index contributed by atoms with van der Waals surface area (Å²) in [5.41, 5.74) is 1.42. The Morgan fingerprint density at radius 3 is 1.56 bits per heavy atom. The van der Waals surface area contributed by atoms with Gasteiger partial charge in [-0.05, 0) is 0 Å². The van der Waals surface area contributed by atoms with Crippen molar-refractivity contribution in [3.8, 4) is 0 Å². The van der Waals surface area contributed by atoms with Crippen molar-refractivity contribution in [1.29, 1.82) is 0 Å². The Balaban J connectivity index is 0.000000318. The number of hydrogen-bond donors (Lipinski definition) is 0. The van der Waals surface area contributed by atoms with Gasteiger partial charge in [-0.3, -0.25) is 0 Å². The van der Waals surface area contributed by atoms with Crippen LogP contribution in [0.3, 0.4) is 0 Å². The van der Waals surface area contributed by atoms with Crippen LogP contribution < -0.4 is 0 Å². The van der Waals surface area contributed by atoms with E-state index in [-0.39, 0.29) is 17.1 Å². The van der Waals surface area contributed by atoms with Gasteiger partial charge in [-0.15, -0.1) is 5.56 Å². The zero-order valence-corrected chi connectivity index (χ0v) is 11.3. The topological polar surface area (TPSA) is 0 Å². The molecule has 94 valence electrons. The summed E-state index contributed by atoms with van der Waals surface area (Å²) in [6.45, 7) is 1.12. The number of rotatable bonds is 2. The van der Waals surface area contributed by atoms with Crippen molar-refractivity contribution in [3.63, 3.8) is 0 Å². The van der Waals surface area contributed by atoms with E-state index in [1.54, 1.807) is 0 Å². The van der Waals surface area contributed by atoms with Crippen LogP contribution in [0.15, 0.2) is 54.6 Å². The molecule has 2 heteroatoms. The molecule has 2 aromatic rings. The summed E-state index contributed by atoms with van der Waals surface area (Å²) in [7, 11) is 6.60. The Kier molecular flexibility index (Phi) is 7.07. The first-order chi connectivity index (χ1) is 7.08. The molecule has 0 aromatic heterocycles. The third-order valence-electron chi connectivity index (χ3n) is 1.94. The van der Waals surface area contributed by atoms with Gasteiger partial charge in [-0.25, -0.2) is 12.1 Å². The van der Waals surface area contributed by atoms with E-state index in [1.165, 1.54) is 5.56 Å². The minimum atomic E-state index is 0. The van der Waals surface area contributed by atoms with Crippen LogP contribution in [0.2, 0.25) is 0 Å². The van der Waals surface area contributed by atoms with Crippen LogP contribution in [-0.4, -0.2) is 25.6 Å². The molecule has 0 aliphatic carbocycles. The van der Waals surface area contributed by atoms with E-state index in [2.05, 4.69) is 45.4 Å². The maximum Gasteiger partial charge on any atom is 0.0671 e. The minimum absolute atomic E-state index is 0. The van der Waals surface area contributed by atoms with Crippen LogP contribution in [0.4, 0.5) is 0 Å². The zero-order chi connectivity index (χ0) is 11.1. The normalized spacial score (nSPS) is 9.94. The van der Waals surface area contributed by atoms with Crippen molar-refractivity contribution in [2.45, 2.75) is 6.54 Å². The van der Waals surface area contributed by atoms with Gasteiger partial charge < -0.3 is 34.8 Å². The van der Waals surface area contributed by atoms with Gasteiger partial charge >= 0.3 is 0 Å². The van der Waals surface area contributed by atoms with Gasteiger partial charge in [-0.2, -0.15) is 12.1 Å². The second kappa shape index (κ2) is 7.45. The molecule has 0 amide bonds. The molecular weight excluding hydrogens is 238 g/mol. The summed E-state index contributed by atoms with van der Waals surface area (Å²) in [6, 6.07) is 18.5. The van der Waals surface area contributed by atoms with E-state index in [1.807, 2.05) is 30.3 Å². The third kappa shape index (κ3) is 7.47. The molecule has 0 aliphatic heterocycles. The first-order valence-corrected chi connectivity index (χ1v) is 5.26. The monoisotopic (exact) mass is 258 g/mol. The van der Waals surface area contributed by atoms with Gasteiger partial charge in [-0.1, -0.05) is 0 Å². The summed E-state index contributed by atoms with van der Waals surface area (Å²) >= 11 is 0. The molecule has 0 saturated carbocycles. The number of hydrogen-bond acceptors (Lipinski definition) is 0. The van der Waals surface area contributed by atoms with Crippen LogP contribution in [0.1, 0.15) is 5.56 Å². The molecule has 0 heterocycles. The smallest absolute Gasteiger partial charge is 0.0671 e. The van der Waals surface area contributed by atoms with Gasteiger partial charge in [0.25, 0.3) is 0 Å². The fourth-order valence-electron chi connectivity index (χ4n) is 1.39. The first-order valence-electron chi connectivity index (χ1n) is 5.26. The van der Waals surface area contributed by atoms with Crippen LogP contribution in [0.5, 0.6) is 0 Å². The SMILES string of the molecule is C[N+](C)(C)C[c-]1cccc1.[Fe].[cH-]1[cH-][cH-][cH-][cH-]1. The summed E-state index contributed by atoms with van der Waals surface area (Å²) in [6.07, 6.45) is 0. The average molecular weight is 258 g/mol. The first kappa shape index (κ1) is 15.2. The second-order valence-corrected chi connectivity index (χ2v) is 4.70. The summed E-state index contributed by atoms with van der Waals surface area (Å²) in [5.74, 6) is 0. The van der Waals surface area contributed by atoms with E-state index in [0.717, 1.165) is 11.0 Å². The second-order valence-electron chi connectivity index (χ2n) is 4.70. The summed E-state index contributed by atoms with van der Waals surface area (Å²) < 4.78 is 1.00. The van der Waals surface area contributed by atoms with Crippen molar-refractivity contribution >= 4 is 0 Å². The van der Waals surface area contributed by atoms with Crippen molar-refractivity contribution in [1.82, 2.24) is 0 Å². The van der Waals surface area contributed by atoms with Gasteiger partial charge in [0.15, 0.2) is 0 Å². The van der Waals surface area contributed by atoms with Crippen LogP contribution in [0.25, 0.3) is 0 Å². The Labute approximate surface area is 109 Å². The zero-order valence-electron chi connectivity index (χ0n) is 10.2. The Morgan fingerprint density at radius 2 is 1.25 bits per heavy atom. The van der Waals surface area contributed by atoms with E-state index in [9.17, 15) is 0 Å². The Hall–Kier alpha value is -0.821. The molecule has 0 saturated heterocycles. The molecular formula is C14H20FeN-5. The number of quaternary nitrogens is 1. The van der Waals surface area contributed by atoms with Crippen molar-refractivity contribution < 1.29 is 21.6 Å². The predicted octanol–water partition coefficient (Wildman–Crippen LogP) is 3.01. The van der Waals surface area contributed by atoms with Gasteiger partial charge in [0.05, 0.1) is 27.7 Å². The quantitative estimate of drug-likeness (QED) is 0.441. The van der Waals surface area contributed by atoms with Crippen molar-refractivity contribution in [2.24, 2.45) is 0 Å².